The van der Waals surface area contributed by atoms with Crippen molar-refractivity contribution in [3.05, 3.63) is 41.5 Å². The van der Waals surface area contributed by atoms with Crippen molar-refractivity contribution >= 4 is 5.57 Å². The molecule has 1 aromatic carbocycles. The molecule has 0 N–H and O–H groups in total. The van der Waals surface area contributed by atoms with E-state index in [2.05, 4.69) is 6.92 Å². The van der Waals surface area contributed by atoms with E-state index in [1.807, 2.05) is 36.4 Å². The topological polar surface area (TPSA) is 47.6 Å². The van der Waals surface area contributed by atoms with Crippen LogP contribution < -0.4 is 0 Å². The molecule has 0 spiro atoms. The van der Waals surface area contributed by atoms with E-state index in [4.69, 9.17) is 10.5 Å². The minimum absolute atomic E-state index is 0.412. The summed E-state index contributed by atoms with van der Waals surface area (Å²) >= 11 is 0. The van der Waals surface area contributed by atoms with Crippen molar-refractivity contribution in [1.29, 1.82) is 10.5 Å². The summed E-state index contributed by atoms with van der Waals surface area (Å²) in [4.78, 5) is 0. The summed E-state index contributed by atoms with van der Waals surface area (Å²) in [6.07, 6.45) is 2.24. The van der Waals surface area contributed by atoms with E-state index in [0.717, 1.165) is 12.0 Å². The SMILES string of the molecule is CCc1ccc(/C(C#N)=C\C#N)cc1. The number of benzene rings is 1. The van der Waals surface area contributed by atoms with Gasteiger partial charge in [0.2, 0.25) is 0 Å². The molecule has 0 aliphatic heterocycles. The molecule has 0 aliphatic rings. The fraction of sp³-hybridized carbons (Fsp3) is 0.167. The van der Waals surface area contributed by atoms with Gasteiger partial charge in [0.25, 0.3) is 0 Å². The van der Waals surface area contributed by atoms with Gasteiger partial charge in [0, 0.05) is 6.08 Å². The summed E-state index contributed by atoms with van der Waals surface area (Å²) in [5, 5.41) is 17.2. The van der Waals surface area contributed by atoms with Crippen LogP contribution in [0.15, 0.2) is 30.3 Å². The van der Waals surface area contributed by atoms with Crippen molar-refractivity contribution in [2.45, 2.75) is 13.3 Å². The summed E-state index contributed by atoms with van der Waals surface area (Å²) in [7, 11) is 0. The Balaban J connectivity index is 3.04. The minimum Gasteiger partial charge on any atom is -0.193 e. The van der Waals surface area contributed by atoms with Crippen LogP contribution in [0.25, 0.3) is 5.57 Å². The van der Waals surface area contributed by atoms with Crippen LogP contribution in [0.3, 0.4) is 0 Å². The van der Waals surface area contributed by atoms with Crippen LogP contribution in [-0.4, -0.2) is 0 Å². The summed E-state index contributed by atoms with van der Waals surface area (Å²) < 4.78 is 0. The van der Waals surface area contributed by atoms with Gasteiger partial charge in [-0.1, -0.05) is 31.2 Å². The minimum atomic E-state index is 0.412. The lowest BCUT2D eigenvalue weighted by Gasteiger charge is -1.99. The van der Waals surface area contributed by atoms with Gasteiger partial charge in [-0.15, -0.1) is 0 Å². The molecule has 0 aromatic heterocycles. The molecule has 14 heavy (non-hydrogen) atoms. The van der Waals surface area contributed by atoms with E-state index in [-0.39, 0.29) is 0 Å². The number of nitrogens with zero attached hydrogens (tertiary/aromatic N) is 2. The Morgan fingerprint density at radius 2 is 1.93 bits per heavy atom. The van der Waals surface area contributed by atoms with Crippen molar-refractivity contribution in [3.8, 4) is 12.1 Å². The highest BCUT2D eigenvalue weighted by atomic mass is 14.3. The Labute approximate surface area is 83.7 Å². The third-order valence-electron chi connectivity index (χ3n) is 2.00. The molecule has 1 rings (SSSR count). The highest BCUT2D eigenvalue weighted by molar-refractivity contribution is 5.78. The van der Waals surface area contributed by atoms with Crippen molar-refractivity contribution < 1.29 is 0 Å². The second-order valence-electron chi connectivity index (χ2n) is 2.85. The van der Waals surface area contributed by atoms with Crippen molar-refractivity contribution in [2.75, 3.05) is 0 Å². The number of nitriles is 2. The van der Waals surface area contributed by atoms with Gasteiger partial charge in [-0.05, 0) is 17.5 Å². The molecule has 0 atom stereocenters. The lowest BCUT2D eigenvalue weighted by Crippen LogP contribution is -1.83. The highest BCUT2D eigenvalue weighted by Gasteiger charge is 1.99. The van der Waals surface area contributed by atoms with Crippen LogP contribution in [-0.2, 0) is 6.42 Å². The van der Waals surface area contributed by atoms with Gasteiger partial charge in [0.15, 0.2) is 0 Å². The average Bonchev–Trinajstić information content (AvgIpc) is 2.26. The Hall–Kier alpha value is -2.06. The van der Waals surface area contributed by atoms with Gasteiger partial charge in [0.1, 0.15) is 6.07 Å². The lowest BCUT2D eigenvalue weighted by molar-refractivity contribution is 1.14. The first kappa shape index (κ1) is 10.0. The fourth-order valence-electron chi connectivity index (χ4n) is 1.16. The van der Waals surface area contributed by atoms with Crippen molar-refractivity contribution in [2.24, 2.45) is 0 Å². The first-order chi connectivity index (χ1) is 6.81. The quantitative estimate of drug-likeness (QED) is 0.660. The first-order valence-electron chi connectivity index (χ1n) is 4.41. The third-order valence-corrected chi connectivity index (χ3v) is 2.00. The molecule has 0 bridgehead atoms. The zero-order valence-electron chi connectivity index (χ0n) is 7.99. The molecule has 0 unspecified atom stereocenters. The van der Waals surface area contributed by atoms with Gasteiger partial charge in [-0.2, -0.15) is 10.5 Å². The van der Waals surface area contributed by atoms with E-state index in [1.54, 1.807) is 0 Å². The number of hydrogen-bond acceptors (Lipinski definition) is 2. The molecule has 68 valence electrons. The molecule has 0 radical (unpaired) electrons. The van der Waals surface area contributed by atoms with E-state index >= 15 is 0 Å². The van der Waals surface area contributed by atoms with Gasteiger partial charge in [-0.25, -0.2) is 0 Å². The maximum atomic E-state index is 8.77. The van der Waals surface area contributed by atoms with E-state index in [0.29, 0.717) is 5.57 Å². The summed E-state index contributed by atoms with van der Waals surface area (Å²) in [5.41, 5.74) is 2.43. The Bertz CT molecular complexity index is 413. The van der Waals surface area contributed by atoms with E-state index in [9.17, 15) is 0 Å². The molecule has 0 aliphatic carbocycles. The van der Waals surface area contributed by atoms with Gasteiger partial charge in [0.05, 0.1) is 11.6 Å². The molecular formula is C12H10N2. The van der Waals surface area contributed by atoms with E-state index in [1.165, 1.54) is 11.6 Å². The predicted molar refractivity (Wildman–Crippen MR) is 55.0 cm³/mol. The Kier molecular flexibility index (Phi) is 3.47. The van der Waals surface area contributed by atoms with Crippen LogP contribution in [0.1, 0.15) is 18.1 Å². The number of allylic oxidation sites excluding steroid dienone is 2. The van der Waals surface area contributed by atoms with Crippen LogP contribution >= 0.6 is 0 Å². The monoisotopic (exact) mass is 182 g/mol. The molecule has 0 saturated heterocycles. The molecule has 2 nitrogen and oxygen atoms in total. The fourth-order valence-corrected chi connectivity index (χ4v) is 1.16. The molecule has 0 fully saturated rings. The van der Waals surface area contributed by atoms with Crippen LogP contribution in [0.5, 0.6) is 0 Å². The molecular weight excluding hydrogens is 172 g/mol. The molecule has 1 aromatic rings. The van der Waals surface area contributed by atoms with Crippen LogP contribution in [0.4, 0.5) is 0 Å². The summed E-state index contributed by atoms with van der Waals surface area (Å²) in [5.74, 6) is 0. The zero-order valence-corrected chi connectivity index (χ0v) is 7.99. The van der Waals surface area contributed by atoms with Crippen molar-refractivity contribution in [3.63, 3.8) is 0 Å². The highest BCUT2D eigenvalue weighted by Crippen LogP contribution is 2.14. The van der Waals surface area contributed by atoms with Crippen molar-refractivity contribution in [1.82, 2.24) is 0 Å². The largest absolute Gasteiger partial charge is 0.193 e. The third kappa shape index (κ3) is 2.21. The lowest BCUT2D eigenvalue weighted by atomic mass is 10.0. The molecule has 0 saturated carbocycles. The van der Waals surface area contributed by atoms with Gasteiger partial charge in [-0.3, -0.25) is 0 Å². The second kappa shape index (κ2) is 4.84. The maximum Gasteiger partial charge on any atom is 0.101 e. The normalized spacial score (nSPS) is 10.4. The molecule has 0 amide bonds. The summed E-state index contributed by atoms with van der Waals surface area (Å²) in [6, 6.07) is 11.5. The second-order valence-corrected chi connectivity index (χ2v) is 2.85. The predicted octanol–water partition coefficient (Wildman–Crippen LogP) is 2.68. The summed E-state index contributed by atoms with van der Waals surface area (Å²) in [6.45, 7) is 2.07. The van der Waals surface area contributed by atoms with Gasteiger partial charge < -0.3 is 0 Å². The molecule has 2 heteroatoms. The number of hydrogen-bond donors (Lipinski definition) is 0. The van der Waals surface area contributed by atoms with E-state index < -0.39 is 0 Å². The smallest absolute Gasteiger partial charge is 0.101 e. The first-order valence-corrected chi connectivity index (χ1v) is 4.41. The standard InChI is InChI=1S/C12H10N2/c1-2-10-3-5-11(6-4-10)12(9-14)7-8-13/h3-7H,2H2,1H3/b12-7-. The zero-order chi connectivity index (χ0) is 10.4. The Morgan fingerprint density at radius 1 is 1.29 bits per heavy atom. The van der Waals surface area contributed by atoms with Crippen LogP contribution in [0, 0.1) is 22.7 Å². The van der Waals surface area contributed by atoms with Crippen LogP contribution in [0.2, 0.25) is 0 Å². The molecule has 0 heterocycles. The van der Waals surface area contributed by atoms with Gasteiger partial charge >= 0.3 is 0 Å². The Morgan fingerprint density at radius 3 is 2.36 bits per heavy atom. The number of aryl methyl sites for hydroxylation is 1. The average molecular weight is 182 g/mol. The maximum absolute atomic E-state index is 8.77. The number of rotatable bonds is 2.